The second kappa shape index (κ2) is 6.56. The predicted molar refractivity (Wildman–Crippen MR) is 83.6 cm³/mol. The topological polar surface area (TPSA) is 59.4 Å². The quantitative estimate of drug-likeness (QED) is 0.673. The number of carbonyl (C=O) groups excluding carboxylic acids is 1. The maximum atomic E-state index is 11.8. The van der Waals surface area contributed by atoms with Crippen molar-refractivity contribution in [1.82, 2.24) is 4.98 Å². The van der Waals surface area contributed by atoms with Crippen molar-refractivity contribution in [1.29, 1.82) is 0 Å². The Balaban J connectivity index is 2.56. The summed E-state index contributed by atoms with van der Waals surface area (Å²) in [7, 11) is 1.33. The maximum Gasteiger partial charge on any atom is 0.325 e. The number of carbonyl (C=O) groups is 1. The Bertz CT molecular complexity index is 648. The lowest BCUT2D eigenvalue weighted by Gasteiger charge is -2.15. The van der Waals surface area contributed by atoms with Crippen molar-refractivity contribution in [3.05, 3.63) is 40.0 Å². The molecule has 1 N–H and O–H groups in total. The van der Waals surface area contributed by atoms with Crippen LogP contribution < -0.4 is 0 Å². The first-order valence-electron chi connectivity index (χ1n) is 5.94. The number of aliphatic hydroxyl groups excluding tert-OH is 1. The molecule has 0 aliphatic heterocycles. The average Bonchev–Trinajstić information content (AvgIpc) is 2.44. The Morgan fingerprint density at radius 1 is 1.50 bits per heavy atom. The largest absolute Gasteiger partial charge is 0.468 e. The van der Waals surface area contributed by atoms with E-state index in [0.29, 0.717) is 5.69 Å². The highest BCUT2D eigenvalue weighted by Gasteiger charge is 2.26. The summed E-state index contributed by atoms with van der Waals surface area (Å²) in [4.78, 5) is 16.4. The smallest absolute Gasteiger partial charge is 0.325 e. The van der Waals surface area contributed by atoms with Crippen molar-refractivity contribution in [2.24, 2.45) is 0 Å². The van der Waals surface area contributed by atoms with Crippen LogP contribution in [0, 0.1) is 6.92 Å². The van der Waals surface area contributed by atoms with E-state index < -0.39 is 11.2 Å². The zero-order valence-electron chi connectivity index (χ0n) is 11.1. The lowest BCUT2D eigenvalue weighted by Crippen LogP contribution is -2.14. The Kier molecular flexibility index (Phi) is 5.01. The number of halogens is 1. The highest BCUT2D eigenvalue weighted by molar-refractivity contribution is 9.10. The molecule has 0 saturated carbocycles. The first kappa shape index (κ1) is 15.3. The number of esters is 1. The minimum atomic E-state index is -0.649. The molecule has 4 nitrogen and oxygen atoms in total. The van der Waals surface area contributed by atoms with Gasteiger partial charge in [0.25, 0.3) is 0 Å². The first-order chi connectivity index (χ1) is 9.56. The number of thioether (sulfide) groups is 1. The third-order valence-electron chi connectivity index (χ3n) is 2.86. The minimum absolute atomic E-state index is 0.181. The van der Waals surface area contributed by atoms with E-state index in [1.54, 1.807) is 0 Å². The van der Waals surface area contributed by atoms with Crippen molar-refractivity contribution < 1.29 is 14.6 Å². The van der Waals surface area contributed by atoms with E-state index >= 15 is 0 Å². The molecule has 1 aromatic heterocycles. The maximum absolute atomic E-state index is 11.8. The number of rotatable bonds is 4. The number of nitrogens with zero attached hydrogens (tertiary/aromatic N) is 1. The van der Waals surface area contributed by atoms with Gasteiger partial charge in [-0.25, -0.2) is 4.98 Å². The Labute approximate surface area is 129 Å². The van der Waals surface area contributed by atoms with Crippen molar-refractivity contribution in [3.63, 3.8) is 0 Å². The van der Waals surface area contributed by atoms with E-state index in [4.69, 9.17) is 9.84 Å². The first-order valence-corrected chi connectivity index (χ1v) is 7.78. The summed E-state index contributed by atoms with van der Waals surface area (Å²) in [5.41, 5.74) is 2.48. The zero-order valence-corrected chi connectivity index (χ0v) is 13.5. The van der Waals surface area contributed by atoms with Crippen LogP contribution in [-0.4, -0.2) is 29.1 Å². The number of aliphatic hydroxyl groups is 1. The molecule has 0 fully saturated rings. The van der Waals surface area contributed by atoms with Gasteiger partial charge in [0.15, 0.2) is 0 Å². The normalized spacial score (nSPS) is 12.4. The molecular weight excluding hydrogens is 342 g/mol. The number of methoxy groups -OCH3 is 1. The van der Waals surface area contributed by atoms with Crippen molar-refractivity contribution in [3.8, 4) is 0 Å². The van der Waals surface area contributed by atoms with Crippen LogP contribution in [0.5, 0.6) is 0 Å². The van der Waals surface area contributed by atoms with Gasteiger partial charge in [0, 0.05) is 9.86 Å². The van der Waals surface area contributed by atoms with E-state index in [-0.39, 0.29) is 5.94 Å². The molecule has 0 aliphatic rings. The van der Waals surface area contributed by atoms with Gasteiger partial charge in [-0.15, -0.1) is 11.8 Å². The van der Waals surface area contributed by atoms with Crippen LogP contribution >= 0.6 is 27.7 Å². The van der Waals surface area contributed by atoms with Gasteiger partial charge in [0.05, 0.1) is 24.3 Å². The number of fused-ring (bicyclic) bond motifs is 1. The number of hydrogen-bond acceptors (Lipinski definition) is 5. The second-order valence-electron chi connectivity index (χ2n) is 4.25. The summed E-state index contributed by atoms with van der Waals surface area (Å²) in [6, 6.07) is 7.88. The van der Waals surface area contributed by atoms with Gasteiger partial charge in [-0.1, -0.05) is 12.1 Å². The van der Waals surface area contributed by atoms with Crippen molar-refractivity contribution in [2.75, 3.05) is 13.0 Å². The molecule has 1 heterocycles. The molecule has 106 valence electrons. The number of aromatic nitrogens is 1. The fourth-order valence-electron chi connectivity index (χ4n) is 1.89. The fourth-order valence-corrected chi connectivity index (χ4v) is 3.32. The Morgan fingerprint density at radius 2 is 2.25 bits per heavy atom. The molecule has 20 heavy (non-hydrogen) atoms. The summed E-state index contributed by atoms with van der Waals surface area (Å²) in [6.07, 6.45) is 0. The summed E-state index contributed by atoms with van der Waals surface area (Å²) in [5.74, 6) is -0.607. The average molecular weight is 356 g/mol. The molecule has 1 atom stereocenters. The predicted octanol–water partition coefficient (Wildman–Crippen LogP) is 3.20. The SMILES string of the molecule is COC(=O)C(SCO)c1nc2cc(C)ccc2cc1Br. The molecule has 6 heteroatoms. The molecule has 0 aliphatic carbocycles. The fraction of sp³-hybridized carbons (Fsp3) is 0.286. The van der Waals surface area contributed by atoms with Gasteiger partial charge in [-0.2, -0.15) is 0 Å². The van der Waals surface area contributed by atoms with E-state index in [1.165, 1.54) is 7.11 Å². The summed E-state index contributed by atoms with van der Waals surface area (Å²) < 4.78 is 5.51. The molecule has 1 aromatic carbocycles. The standard InChI is InChI=1S/C14H14BrNO3S/c1-8-3-4-9-6-10(15)12(16-11(9)5-8)13(20-7-17)14(18)19-2/h3-6,13,17H,7H2,1-2H3. The van der Waals surface area contributed by atoms with Gasteiger partial charge < -0.3 is 9.84 Å². The highest BCUT2D eigenvalue weighted by Crippen LogP contribution is 2.34. The van der Waals surface area contributed by atoms with Gasteiger partial charge in [-0.05, 0) is 40.5 Å². The molecular formula is C14H14BrNO3S. The number of benzene rings is 1. The van der Waals surface area contributed by atoms with Gasteiger partial charge in [-0.3, -0.25) is 4.79 Å². The van der Waals surface area contributed by atoms with Crippen molar-refractivity contribution >= 4 is 44.6 Å². The van der Waals surface area contributed by atoms with Crippen LogP contribution in [-0.2, 0) is 9.53 Å². The molecule has 2 rings (SSSR count). The lowest BCUT2D eigenvalue weighted by molar-refractivity contribution is -0.140. The Morgan fingerprint density at radius 3 is 2.90 bits per heavy atom. The summed E-state index contributed by atoms with van der Waals surface area (Å²) >= 11 is 4.52. The molecule has 0 spiro atoms. The van der Waals surface area contributed by atoms with E-state index in [2.05, 4.69) is 20.9 Å². The third kappa shape index (κ3) is 3.13. The van der Waals surface area contributed by atoms with Gasteiger partial charge >= 0.3 is 5.97 Å². The second-order valence-corrected chi connectivity index (χ2v) is 6.17. The zero-order chi connectivity index (χ0) is 14.7. The van der Waals surface area contributed by atoms with Crippen LogP contribution in [0.1, 0.15) is 16.5 Å². The van der Waals surface area contributed by atoms with Gasteiger partial charge in [0.1, 0.15) is 5.25 Å². The van der Waals surface area contributed by atoms with Crippen LogP contribution in [0.25, 0.3) is 10.9 Å². The number of aryl methyl sites for hydroxylation is 1. The monoisotopic (exact) mass is 355 g/mol. The Hall–Kier alpha value is -1.11. The minimum Gasteiger partial charge on any atom is -0.468 e. The molecule has 2 aromatic rings. The molecule has 0 bridgehead atoms. The number of hydrogen-bond donors (Lipinski definition) is 1. The van der Waals surface area contributed by atoms with Crippen molar-refractivity contribution in [2.45, 2.75) is 12.2 Å². The molecule has 0 saturated heterocycles. The summed E-state index contributed by atoms with van der Waals surface area (Å²) in [5, 5.41) is 9.44. The van der Waals surface area contributed by atoms with Crippen LogP contribution in [0.2, 0.25) is 0 Å². The molecule has 1 unspecified atom stereocenters. The lowest BCUT2D eigenvalue weighted by atomic mass is 10.1. The summed E-state index contributed by atoms with van der Waals surface area (Å²) in [6.45, 7) is 1.99. The van der Waals surface area contributed by atoms with Crippen LogP contribution in [0.4, 0.5) is 0 Å². The number of pyridine rings is 1. The van der Waals surface area contributed by atoms with Crippen LogP contribution in [0.15, 0.2) is 28.7 Å². The van der Waals surface area contributed by atoms with Crippen LogP contribution in [0.3, 0.4) is 0 Å². The van der Waals surface area contributed by atoms with E-state index in [1.807, 2.05) is 31.2 Å². The third-order valence-corrected chi connectivity index (χ3v) is 4.39. The number of ether oxygens (including phenoxy) is 1. The highest BCUT2D eigenvalue weighted by atomic mass is 79.9. The van der Waals surface area contributed by atoms with E-state index in [0.717, 1.165) is 32.7 Å². The van der Waals surface area contributed by atoms with E-state index in [9.17, 15) is 4.79 Å². The van der Waals surface area contributed by atoms with Gasteiger partial charge in [0.2, 0.25) is 0 Å². The molecule has 0 amide bonds. The molecule has 0 radical (unpaired) electrons.